The van der Waals surface area contributed by atoms with Gasteiger partial charge in [-0.2, -0.15) is 0 Å². The molecule has 0 aromatic carbocycles. The number of ether oxygens (including phenoxy) is 1. The van der Waals surface area contributed by atoms with Crippen molar-refractivity contribution < 1.29 is 4.74 Å². The summed E-state index contributed by atoms with van der Waals surface area (Å²) in [7, 11) is 4.49. The quantitative estimate of drug-likeness (QED) is 0.625. The molecule has 6 rings (SSSR count). The second kappa shape index (κ2) is 7.02. The SMILES string of the molecule is CN(C)[C@@H]1CCC2=CC3=CC[C@]4(C)[C@@H](CCc5cccnc5)CC[C@H]4C34CC[C@]2(C1)O4. The van der Waals surface area contributed by atoms with Crippen LogP contribution in [0.4, 0.5) is 0 Å². The van der Waals surface area contributed by atoms with Crippen molar-refractivity contribution in [1.82, 2.24) is 9.88 Å². The summed E-state index contributed by atoms with van der Waals surface area (Å²) in [6.45, 7) is 2.59. The summed E-state index contributed by atoms with van der Waals surface area (Å²) in [5, 5.41) is 0. The first-order chi connectivity index (χ1) is 15.0. The number of aryl methyl sites for hydroxylation is 1. The maximum atomic E-state index is 7.38. The number of fused-ring (bicyclic) bond motifs is 1. The third-order valence-electron chi connectivity index (χ3n) is 10.1. The van der Waals surface area contributed by atoms with Crippen LogP contribution in [-0.2, 0) is 11.2 Å². The highest BCUT2D eigenvalue weighted by atomic mass is 16.5. The van der Waals surface area contributed by atoms with E-state index < -0.39 is 0 Å². The fourth-order valence-electron chi connectivity index (χ4n) is 8.29. The third-order valence-corrected chi connectivity index (χ3v) is 10.1. The van der Waals surface area contributed by atoms with E-state index in [9.17, 15) is 0 Å². The number of rotatable bonds is 4. The fraction of sp³-hybridized carbons (Fsp3) is 0.679. The van der Waals surface area contributed by atoms with Crippen molar-refractivity contribution in [3.63, 3.8) is 0 Å². The molecule has 3 heterocycles. The van der Waals surface area contributed by atoms with Gasteiger partial charge in [-0.25, -0.2) is 0 Å². The highest BCUT2D eigenvalue weighted by Crippen LogP contribution is 2.68. The van der Waals surface area contributed by atoms with Crippen LogP contribution in [0.2, 0.25) is 0 Å². The van der Waals surface area contributed by atoms with Gasteiger partial charge in [0.2, 0.25) is 0 Å². The average molecular weight is 419 g/mol. The van der Waals surface area contributed by atoms with Crippen LogP contribution in [0.25, 0.3) is 0 Å². The standard InChI is InChI=1S/C28H38N2O/c1-26-13-12-23-17-22-8-10-24(30(2)3)18-27(22)14-15-28(23,31-27)25(26)11-9-21(26)7-6-20-5-4-16-29-19-20/h4-5,12,16-17,19,21,24-25H,6-11,13-15,18H2,1-3H3/t21-,24+,25+,26+,27+,28?/m0/s1. The Labute approximate surface area is 188 Å². The van der Waals surface area contributed by atoms with Gasteiger partial charge in [0.1, 0.15) is 0 Å². The van der Waals surface area contributed by atoms with Gasteiger partial charge in [0.15, 0.2) is 0 Å². The van der Waals surface area contributed by atoms with Crippen molar-refractivity contribution in [2.45, 2.75) is 88.4 Å². The lowest BCUT2D eigenvalue weighted by molar-refractivity contribution is -0.142. The molecule has 1 aromatic heterocycles. The van der Waals surface area contributed by atoms with Gasteiger partial charge in [-0.05, 0) is 118 Å². The number of nitrogens with zero attached hydrogens (tertiary/aromatic N) is 2. The second-order valence-electron chi connectivity index (χ2n) is 11.6. The molecule has 3 heteroatoms. The molecule has 166 valence electrons. The summed E-state index contributed by atoms with van der Waals surface area (Å²) in [5.41, 5.74) is 4.94. The molecule has 31 heavy (non-hydrogen) atoms. The van der Waals surface area contributed by atoms with Gasteiger partial charge in [0.25, 0.3) is 0 Å². The normalized spacial score (nSPS) is 43.2. The van der Waals surface area contributed by atoms with Crippen LogP contribution >= 0.6 is 0 Å². The molecular formula is C28H38N2O. The van der Waals surface area contributed by atoms with Crippen LogP contribution in [0.1, 0.15) is 70.3 Å². The van der Waals surface area contributed by atoms with E-state index in [2.05, 4.69) is 55.2 Å². The largest absolute Gasteiger partial charge is 0.359 e. The smallest absolute Gasteiger partial charge is 0.0974 e. The van der Waals surface area contributed by atoms with E-state index in [0.29, 0.717) is 17.4 Å². The molecular weight excluding hydrogens is 380 g/mol. The zero-order chi connectivity index (χ0) is 21.3. The monoisotopic (exact) mass is 418 g/mol. The molecule has 2 saturated carbocycles. The highest BCUT2D eigenvalue weighted by molar-refractivity contribution is 5.47. The van der Waals surface area contributed by atoms with Gasteiger partial charge >= 0.3 is 0 Å². The Kier molecular flexibility index (Phi) is 4.57. The Morgan fingerprint density at radius 1 is 1.19 bits per heavy atom. The van der Waals surface area contributed by atoms with Crippen molar-refractivity contribution in [3.05, 3.63) is 53.4 Å². The molecule has 0 radical (unpaired) electrons. The van der Waals surface area contributed by atoms with Crippen LogP contribution in [0, 0.1) is 17.3 Å². The number of aromatic nitrogens is 1. The molecule has 0 N–H and O–H groups in total. The van der Waals surface area contributed by atoms with Gasteiger partial charge < -0.3 is 9.64 Å². The number of pyridine rings is 1. The molecule has 2 bridgehead atoms. The summed E-state index contributed by atoms with van der Waals surface area (Å²) in [6.07, 6.45) is 21.7. The molecule has 1 saturated heterocycles. The van der Waals surface area contributed by atoms with Crippen LogP contribution in [-0.4, -0.2) is 41.2 Å². The lowest BCUT2D eigenvalue weighted by Gasteiger charge is -2.54. The van der Waals surface area contributed by atoms with Crippen molar-refractivity contribution in [2.75, 3.05) is 14.1 Å². The molecule has 1 aromatic rings. The lowest BCUT2D eigenvalue weighted by Crippen LogP contribution is -2.55. The highest BCUT2D eigenvalue weighted by Gasteiger charge is 2.66. The zero-order valence-corrected chi connectivity index (χ0v) is 19.6. The molecule has 2 aliphatic heterocycles. The summed E-state index contributed by atoms with van der Waals surface area (Å²) in [5.74, 6) is 1.46. The summed E-state index contributed by atoms with van der Waals surface area (Å²) in [4.78, 5) is 6.76. The minimum absolute atomic E-state index is 0.00620. The number of allylic oxidation sites excluding steroid dienone is 1. The van der Waals surface area contributed by atoms with Crippen molar-refractivity contribution >= 4 is 0 Å². The summed E-state index contributed by atoms with van der Waals surface area (Å²) < 4.78 is 7.38. The van der Waals surface area contributed by atoms with Gasteiger partial charge in [-0.1, -0.05) is 25.1 Å². The lowest BCUT2D eigenvalue weighted by atomic mass is 9.58. The van der Waals surface area contributed by atoms with E-state index in [0.717, 1.165) is 12.3 Å². The van der Waals surface area contributed by atoms with Crippen LogP contribution < -0.4 is 0 Å². The fourth-order valence-corrected chi connectivity index (χ4v) is 8.29. The Morgan fingerprint density at radius 3 is 2.90 bits per heavy atom. The topological polar surface area (TPSA) is 25.4 Å². The van der Waals surface area contributed by atoms with E-state index in [4.69, 9.17) is 4.74 Å². The molecule has 0 amide bonds. The predicted molar refractivity (Wildman–Crippen MR) is 125 cm³/mol. The van der Waals surface area contributed by atoms with Crippen molar-refractivity contribution in [2.24, 2.45) is 17.3 Å². The minimum atomic E-state index is -0.00620. The maximum Gasteiger partial charge on any atom is 0.0974 e. The molecule has 1 unspecified atom stereocenters. The van der Waals surface area contributed by atoms with E-state index in [1.807, 2.05) is 12.4 Å². The zero-order valence-electron chi connectivity index (χ0n) is 19.6. The second-order valence-corrected chi connectivity index (χ2v) is 11.6. The molecule has 2 spiro atoms. The van der Waals surface area contributed by atoms with Gasteiger partial charge in [0, 0.05) is 18.4 Å². The van der Waals surface area contributed by atoms with E-state index >= 15 is 0 Å². The Morgan fingerprint density at radius 2 is 2.10 bits per heavy atom. The van der Waals surface area contributed by atoms with Crippen LogP contribution in [0.3, 0.4) is 0 Å². The molecule has 3 aliphatic carbocycles. The third kappa shape index (κ3) is 2.88. The minimum Gasteiger partial charge on any atom is -0.359 e. The van der Waals surface area contributed by atoms with Crippen LogP contribution in [0.5, 0.6) is 0 Å². The van der Waals surface area contributed by atoms with Crippen molar-refractivity contribution in [1.29, 1.82) is 0 Å². The van der Waals surface area contributed by atoms with Gasteiger partial charge in [-0.15, -0.1) is 0 Å². The first-order valence-electron chi connectivity index (χ1n) is 12.6. The predicted octanol–water partition coefficient (Wildman–Crippen LogP) is 5.72. The Bertz CT molecular complexity index is 920. The summed E-state index contributed by atoms with van der Waals surface area (Å²) >= 11 is 0. The van der Waals surface area contributed by atoms with E-state index in [-0.39, 0.29) is 11.2 Å². The van der Waals surface area contributed by atoms with E-state index in [1.165, 1.54) is 63.4 Å². The molecule has 6 atom stereocenters. The van der Waals surface area contributed by atoms with Crippen LogP contribution in [0.15, 0.2) is 47.8 Å². The first kappa shape index (κ1) is 20.2. The number of hydrogen-bond donors (Lipinski definition) is 0. The maximum absolute atomic E-state index is 7.38. The number of hydrogen-bond acceptors (Lipinski definition) is 3. The molecule has 3 nitrogen and oxygen atoms in total. The van der Waals surface area contributed by atoms with Gasteiger partial charge in [0.05, 0.1) is 11.2 Å². The first-order valence-corrected chi connectivity index (χ1v) is 12.6. The van der Waals surface area contributed by atoms with Gasteiger partial charge in [-0.3, -0.25) is 4.98 Å². The molecule has 3 fully saturated rings. The summed E-state index contributed by atoms with van der Waals surface area (Å²) in [6, 6.07) is 4.97. The Balaban J connectivity index is 1.29. The van der Waals surface area contributed by atoms with E-state index in [1.54, 1.807) is 11.1 Å². The Hall–Kier alpha value is -1.45. The molecule has 5 aliphatic rings. The van der Waals surface area contributed by atoms with Crippen molar-refractivity contribution in [3.8, 4) is 0 Å². The average Bonchev–Trinajstić information content (AvgIpc) is 3.27.